The number of hydrogen-bond acceptors (Lipinski definition) is 4. The Bertz CT molecular complexity index is 626. The fourth-order valence-electron chi connectivity index (χ4n) is 1.65. The third kappa shape index (κ3) is 4.06. The molecule has 22 heavy (non-hydrogen) atoms. The van der Waals surface area contributed by atoms with Gasteiger partial charge in [-0.1, -0.05) is 36.4 Å². The minimum Gasteiger partial charge on any atom is -0.423 e. The van der Waals surface area contributed by atoms with E-state index in [-0.39, 0.29) is 11.1 Å². The van der Waals surface area contributed by atoms with Crippen LogP contribution in [-0.2, 0) is 9.59 Å². The number of ether oxygens (including phenoxy) is 2. The van der Waals surface area contributed by atoms with Crippen LogP contribution in [0.25, 0.3) is 0 Å². The standard InChI is InChI=1S/C18H16O4/c1-13(17(19)21-15-9-5-3-6-10-15)14(2)18(20)22-16-11-7-4-8-12-16/h3-12H,1-2H3/b14-13-. The average Bonchev–Trinajstić information content (AvgIpc) is 2.55. The third-order valence-electron chi connectivity index (χ3n) is 3.08. The molecule has 0 saturated heterocycles. The fraction of sp³-hybridized carbons (Fsp3) is 0.111. The van der Waals surface area contributed by atoms with Gasteiger partial charge in [-0.15, -0.1) is 0 Å². The van der Waals surface area contributed by atoms with Gasteiger partial charge in [-0.05, 0) is 38.1 Å². The van der Waals surface area contributed by atoms with Gasteiger partial charge in [0.25, 0.3) is 0 Å². The second kappa shape index (κ2) is 7.22. The summed E-state index contributed by atoms with van der Waals surface area (Å²) in [6.45, 7) is 3.07. The number of carbonyl (C=O) groups excluding carboxylic acids is 2. The minimum absolute atomic E-state index is 0.213. The van der Waals surface area contributed by atoms with Crippen molar-refractivity contribution in [3.8, 4) is 11.5 Å². The predicted octanol–water partition coefficient (Wildman–Crippen LogP) is 3.53. The van der Waals surface area contributed by atoms with Crippen LogP contribution in [0.15, 0.2) is 71.8 Å². The summed E-state index contributed by atoms with van der Waals surface area (Å²) >= 11 is 0. The third-order valence-corrected chi connectivity index (χ3v) is 3.08. The van der Waals surface area contributed by atoms with Gasteiger partial charge in [0.05, 0.1) is 0 Å². The molecule has 2 aromatic rings. The largest absolute Gasteiger partial charge is 0.423 e. The van der Waals surface area contributed by atoms with Crippen LogP contribution < -0.4 is 9.47 Å². The molecule has 0 N–H and O–H groups in total. The van der Waals surface area contributed by atoms with E-state index in [2.05, 4.69) is 0 Å². The molecule has 0 aliphatic heterocycles. The van der Waals surface area contributed by atoms with Gasteiger partial charge < -0.3 is 9.47 Å². The minimum atomic E-state index is -0.575. The van der Waals surface area contributed by atoms with E-state index in [1.165, 1.54) is 13.8 Å². The highest BCUT2D eigenvalue weighted by Gasteiger charge is 2.17. The van der Waals surface area contributed by atoms with Crippen molar-refractivity contribution in [2.75, 3.05) is 0 Å². The van der Waals surface area contributed by atoms with Crippen LogP contribution in [0.5, 0.6) is 11.5 Å². The average molecular weight is 296 g/mol. The first-order chi connectivity index (χ1) is 10.6. The van der Waals surface area contributed by atoms with Gasteiger partial charge in [0.15, 0.2) is 0 Å². The molecule has 0 aliphatic rings. The van der Waals surface area contributed by atoms with Crippen molar-refractivity contribution in [3.63, 3.8) is 0 Å². The van der Waals surface area contributed by atoms with Gasteiger partial charge in [0.1, 0.15) is 11.5 Å². The van der Waals surface area contributed by atoms with Crippen molar-refractivity contribution in [3.05, 3.63) is 71.8 Å². The lowest BCUT2D eigenvalue weighted by molar-refractivity contribution is -0.133. The van der Waals surface area contributed by atoms with Crippen LogP contribution in [0.3, 0.4) is 0 Å². The van der Waals surface area contributed by atoms with Crippen LogP contribution in [-0.4, -0.2) is 11.9 Å². The van der Waals surface area contributed by atoms with E-state index in [1.54, 1.807) is 48.5 Å². The highest BCUT2D eigenvalue weighted by atomic mass is 16.5. The maximum atomic E-state index is 12.0. The molecule has 0 saturated carbocycles. The Morgan fingerprint density at radius 1 is 0.636 bits per heavy atom. The van der Waals surface area contributed by atoms with Crippen molar-refractivity contribution >= 4 is 11.9 Å². The molecule has 0 unspecified atom stereocenters. The molecule has 0 radical (unpaired) electrons. The van der Waals surface area contributed by atoms with E-state index in [4.69, 9.17) is 9.47 Å². The summed E-state index contributed by atoms with van der Waals surface area (Å²) in [5.74, 6) is -0.297. The van der Waals surface area contributed by atoms with Gasteiger partial charge >= 0.3 is 11.9 Å². The first-order valence-corrected chi connectivity index (χ1v) is 6.80. The second-order valence-electron chi connectivity index (χ2n) is 4.66. The Labute approximate surface area is 129 Å². The van der Waals surface area contributed by atoms with Crippen LogP contribution >= 0.6 is 0 Å². The predicted molar refractivity (Wildman–Crippen MR) is 82.5 cm³/mol. The first-order valence-electron chi connectivity index (χ1n) is 6.80. The maximum Gasteiger partial charge on any atom is 0.339 e. The molecule has 112 valence electrons. The number of carbonyl (C=O) groups is 2. The van der Waals surface area contributed by atoms with Gasteiger partial charge in [0.2, 0.25) is 0 Å². The zero-order valence-corrected chi connectivity index (χ0v) is 12.4. The van der Waals surface area contributed by atoms with Crippen molar-refractivity contribution < 1.29 is 19.1 Å². The monoisotopic (exact) mass is 296 g/mol. The summed E-state index contributed by atoms with van der Waals surface area (Å²) < 4.78 is 10.4. The summed E-state index contributed by atoms with van der Waals surface area (Å²) in [7, 11) is 0. The smallest absolute Gasteiger partial charge is 0.339 e. The highest BCUT2D eigenvalue weighted by Crippen LogP contribution is 2.15. The molecular weight excluding hydrogens is 280 g/mol. The van der Waals surface area contributed by atoms with Crippen LogP contribution in [0, 0.1) is 0 Å². The summed E-state index contributed by atoms with van der Waals surface area (Å²) in [5, 5.41) is 0. The van der Waals surface area contributed by atoms with E-state index in [0.29, 0.717) is 11.5 Å². The molecule has 0 atom stereocenters. The van der Waals surface area contributed by atoms with E-state index in [9.17, 15) is 9.59 Å². The van der Waals surface area contributed by atoms with E-state index < -0.39 is 11.9 Å². The molecule has 0 fully saturated rings. The molecule has 0 aromatic heterocycles. The highest BCUT2D eigenvalue weighted by molar-refractivity contribution is 6.00. The molecule has 0 spiro atoms. The van der Waals surface area contributed by atoms with Crippen molar-refractivity contribution in [1.29, 1.82) is 0 Å². The van der Waals surface area contributed by atoms with Gasteiger partial charge in [0, 0.05) is 11.1 Å². The molecule has 0 bridgehead atoms. The molecule has 4 nitrogen and oxygen atoms in total. The summed E-state index contributed by atoms with van der Waals surface area (Å²) in [6, 6.07) is 17.4. The Kier molecular flexibility index (Phi) is 5.09. The van der Waals surface area contributed by atoms with Gasteiger partial charge in [-0.2, -0.15) is 0 Å². The molecule has 0 heterocycles. The first kappa shape index (κ1) is 15.5. The molecule has 4 heteroatoms. The van der Waals surface area contributed by atoms with Crippen molar-refractivity contribution in [2.45, 2.75) is 13.8 Å². The lowest BCUT2D eigenvalue weighted by Crippen LogP contribution is -2.17. The Morgan fingerprint density at radius 3 is 1.27 bits per heavy atom. The lowest BCUT2D eigenvalue weighted by Gasteiger charge is -2.08. The normalized spacial score (nSPS) is 11.4. The number of para-hydroxylation sites is 2. The van der Waals surface area contributed by atoms with Crippen LogP contribution in [0.1, 0.15) is 13.8 Å². The quantitative estimate of drug-likeness (QED) is 0.492. The number of hydrogen-bond donors (Lipinski definition) is 0. The van der Waals surface area contributed by atoms with E-state index in [1.807, 2.05) is 12.1 Å². The topological polar surface area (TPSA) is 52.6 Å². The summed E-state index contributed by atoms with van der Waals surface area (Å²) in [5.41, 5.74) is 0.426. The number of esters is 2. The SMILES string of the molecule is C/C(C(=O)Oc1ccccc1)=C(\C)C(=O)Oc1ccccc1. The van der Waals surface area contributed by atoms with Gasteiger partial charge in [-0.25, -0.2) is 9.59 Å². The lowest BCUT2D eigenvalue weighted by atomic mass is 10.1. The summed E-state index contributed by atoms with van der Waals surface area (Å²) in [6.07, 6.45) is 0. The van der Waals surface area contributed by atoms with Gasteiger partial charge in [-0.3, -0.25) is 0 Å². The van der Waals surface area contributed by atoms with Crippen molar-refractivity contribution in [1.82, 2.24) is 0 Å². The fourth-order valence-corrected chi connectivity index (χ4v) is 1.65. The summed E-state index contributed by atoms with van der Waals surface area (Å²) in [4.78, 5) is 24.0. The Morgan fingerprint density at radius 2 is 0.955 bits per heavy atom. The number of rotatable bonds is 4. The molecule has 0 amide bonds. The van der Waals surface area contributed by atoms with E-state index >= 15 is 0 Å². The molecular formula is C18H16O4. The zero-order valence-electron chi connectivity index (χ0n) is 12.4. The zero-order chi connectivity index (χ0) is 15.9. The Balaban J connectivity index is 2.07. The van der Waals surface area contributed by atoms with Crippen molar-refractivity contribution in [2.24, 2.45) is 0 Å². The molecule has 2 rings (SSSR count). The molecule has 0 aliphatic carbocycles. The molecule has 2 aromatic carbocycles. The second-order valence-corrected chi connectivity index (χ2v) is 4.66. The van der Waals surface area contributed by atoms with Crippen LogP contribution in [0.2, 0.25) is 0 Å². The number of benzene rings is 2. The maximum absolute atomic E-state index is 12.0. The Hall–Kier alpha value is -2.88. The van der Waals surface area contributed by atoms with E-state index in [0.717, 1.165) is 0 Å². The van der Waals surface area contributed by atoms with Crippen LogP contribution in [0.4, 0.5) is 0 Å².